The molecule has 2 aliphatic carbocycles. The van der Waals surface area contributed by atoms with Crippen molar-refractivity contribution in [3.05, 3.63) is 24.3 Å². The van der Waals surface area contributed by atoms with Gasteiger partial charge in [-0.3, -0.25) is 4.79 Å². The van der Waals surface area contributed by atoms with Crippen molar-refractivity contribution in [2.45, 2.75) is 31.7 Å². The molecule has 2 fully saturated rings. The lowest BCUT2D eigenvalue weighted by molar-refractivity contribution is -0.127. The van der Waals surface area contributed by atoms with Gasteiger partial charge >= 0.3 is 0 Å². The van der Waals surface area contributed by atoms with Crippen LogP contribution in [0.2, 0.25) is 0 Å². The predicted octanol–water partition coefficient (Wildman–Crippen LogP) is 1.95. The summed E-state index contributed by atoms with van der Waals surface area (Å²) in [6, 6.07) is 7.59. The minimum Gasteiger partial charge on any atom is -0.497 e. The van der Waals surface area contributed by atoms with Gasteiger partial charge in [0.25, 0.3) is 0 Å². The number of hydrogen-bond acceptors (Lipinski definition) is 4. The Labute approximate surface area is 137 Å². The van der Waals surface area contributed by atoms with Crippen molar-refractivity contribution in [1.29, 1.82) is 0 Å². The molecule has 5 heteroatoms. The molecule has 23 heavy (non-hydrogen) atoms. The first-order chi connectivity index (χ1) is 11.2. The third kappa shape index (κ3) is 3.61. The molecule has 0 radical (unpaired) electrons. The third-order valence-electron chi connectivity index (χ3n) is 5.21. The molecule has 0 heterocycles. The van der Waals surface area contributed by atoms with Gasteiger partial charge in [0.1, 0.15) is 11.5 Å². The van der Waals surface area contributed by atoms with Crippen molar-refractivity contribution in [2.75, 3.05) is 20.3 Å². The SMILES string of the molecule is COc1cccc(OCCCNC(=O)C2C3CCC(C3)C2N)c1. The smallest absolute Gasteiger partial charge is 0.224 e. The number of carbonyl (C=O) groups is 1. The summed E-state index contributed by atoms with van der Waals surface area (Å²) in [5.74, 6) is 2.78. The van der Waals surface area contributed by atoms with Gasteiger partial charge < -0.3 is 20.5 Å². The Kier molecular flexibility index (Phi) is 5.06. The lowest BCUT2D eigenvalue weighted by Crippen LogP contribution is -2.45. The zero-order valence-corrected chi connectivity index (χ0v) is 13.7. The molecule has 1 aromatic carbocycles. The molecule has 0 spiro atoms. The summed E-state index contributed by atoms with van der Waals surface area (Å²) in [7, 11) is 1.63. The van der Waals surface area contributed by atoms with E-state index in [1.54, 1.807) is 7.11 Å². The van der Waals surface area contributed by atoms with Gasteiger partial charge in [0, 0.05) is 18.7 Å². The first kappa shape index (κ1) is 16.1. The van der Waals surface area contributed by atoms with Crippen LogP contribution < -0.4 is 20.5 Å². The van der Waals surface area contributed by atoms with E-state index >= 15 is 0 Å². The van der Waals surface area contributed by atoms with Crippen molar-refractivity contribution >= 4 is 5.91 Å². The van der Waals surface area contributed by atoms with Crippen LogP contribution in [0, 0.1) is 17.8 Å². The van der Waals surface area contributed by atoms with Gasteiger partial charge in [0.15, 0.2) is 0 Å². The van der Waals surface area contributed by atoms with Crippen molar-refractivity contribution in [1.82, 2.24) is 5.32 Å². The molecule has 1 aromatic rings. The molecular weight excluding hydrogens is 292 g/mol. The van der Waals surface area contributed by atoms with E-state index in [0.29, 0.717) is 25.0 Å². The van der Waals surface area contributed by atoms with E-state index in [2.05, 4.69) is 5.32 Å². The van der Waals surface area contributed by atoms with Crippen LogP contribution in [0.15, 0.2) is 24.3 Å². The van der Waals surface area contributed by atoms with Crippen molar-refractivity contribution < 1.29 is 14.3 Å². The molecule has 3 N–H and O–H groups in total. The number of nitrogens with one attached hydrogen (secondary N) is 1. The topological polar surface area (TPSA) is 73.6 Å². The summed E-state index contributed by atoms with van der Waals surface area (Å²) in [4.78, 5) is 12.3. The molecule has 3 rings (SSSR count). The largest absolute Gasteiger partial charge is 0.497 e. The zero-order valence-electron chi connectivity index (χ0n) is 13.7. The molecule has 126 valence electrons. The van der Waals surface area contributed by atoms with E-state index < -0.39 is 0 Å². The van der Waals surface area contributed by atoms with Crippen molar-refractivity contribution in [3.8, 4) is 11.5 Å². The molecule has 0 aromatic heterocycles. The van der Waals surface area contributed by atoms with Gasteiger partial charge in [-0.25, -0.2) is 0 Å². The zero-order chi connectivity index (χ0) is 16.2. The van der Waals surface area contributed by atoms with E-state index in [9.17, 15) is 4.79 Å². The van der Waals surface area contributed by atoms with Crippen LogP contribution in [0.3, 0.4) is 0 Å². The summed E-state index contributed by atoms with van der Waals surface area (Å²) in [5.41, 5.74) is 6.20. The monoisotopic (exact) mass is 318 g/mol. The number of rotatable bonds is 7. The van der Waals surface area contributed by atoms with Gasteiger partial charge in [-0.05, 0) is 49.7 Å². The van der Waals surface area contributed by atoms with E-state index in [1.807, 2.05) is 24.3 Å². The first-order valence-corrected chi connectivity index (χ1v) is 8.49. The quantitative estimate of drug-likeness (QED) is 0.754. The van der Waals surface area contributed by atoms with E-state index in [-0.39, 0.29) is 17.9 Å². The summed E-state index contributed by atoms with van der Waals surface area (Å²) in [6.07, 6.45) is 4.27. The van der Waals surface area contributed by atoms with Gasteiger partial charge in [-0.15, -0.1) is 0 Å². The molecule has 2 bridgehead atoms. The lowest BCUT2D eigenvalue weighted by atomic mass is 9.84. The number of amides is 1. The molecule has 0 saturated heterocycles. The maximum Gasteiger partial charge on any atom is 0.224 e. The maximum absolute atomic E-state index is 12.3. The van der Waals surface area contributed by atoms with Gasteiger partial charge in [0.05, 0.1) is 19.6 Å². The number of benzene rings is 1. The van der Waals surface area contributed by atoms with Gasteiger partial charge in [-0.2, -0.15) is 0 Å². The number of nitrogens with two attached hydrogens (primary N) is 1. The first-order valence-electron chi connectivity index (χ1n) is 8.49. The second kappa shape index (κ2) is 7.21. The highest BCUT2D eigenvalue weighted by atomic mass is 16.5. The molecule has 2 saturated carbocycles. The summed E-state index contributed by atoms with van der Waals surface area (Å²) < 4.78 is 10.8. The predicted molar refractivity (Wildman–Crippen MR) is 88.4 cm³/mol. The molecule has 4 atom stereocenters. The van der Waals surface area contributed by atoms with Crippen LogP contribution in [-0.4, -0.2) is 32.2 Å². The van der Waals surface area contributed by atoms with E-state index in [1.165, 1.54) is 6.42 Å². The maximum atomic E-state index is 12.3. The lowest BCUT2D eigenvalue weighted by Gasteiger charge is -2.27. The van der Waals surface area contributed by atoms with Crippen LogP contribution >= 0.6 is 0 Å². The fourth-order valence-electron chi connectivity index (χ4n) is 4.01. The second-order valence-corrected chi connectivity index (χ2v) is 6.61. The highest BCUT2D eigenvalue weighted by Gasteiger charge is 2.48. The standard InChI is InChI=1S/C18H26N2O3/c1-22-14-4-2-5-15(11-14)23-9-3-8-20-18(21)16-12-6-7-13(10-12)17(16)19/h2,4-5,11-13,16-17H,3,6-10,19H2,1H3,(H,20,21). The molecule has 5 nitrogen and oxygen atoms in total. The number of fused-ring (bicyclic) bond motifs is 2. The summed E-state index contributed by atoms with van der Waals surface area (Å²) in [5, 5.41) is 3.03. The number of ether oxygens (including phenoxy) is 2. The molecule has 2 aliphatic rings. The molecular formula is C18H26N2O3. The average Bonchev–Trinajstić information content (AvgIpc) is 3.15. The highest BCUT2D eigenvalue weighted by Crippen LogP contribution is 2.47. The fraction of sp³-hybridized carbons (Fsp3) is 0.611. The molecule has 4 unspecified atom stereocenters. The van der Waals surface area contributed by atoms with Crippen LogP contribution in [0.25, 0.3) is 0 Å². The van der Waals surface area contributed by atoms with Gasteiger partial charge in [-0.1, -0.05) is 6.07 Å². The van der Waals surface area contributed by atoms with Crippen molar-refractivity contribution in [3.63, 3.8) is 0 Å². The Morgan fingerprint density at radius 3 is 2.83 bits per heavy atom. The van der Waals surface area contributed by atoms with Crippen LogP contribution in [0.1, 0.15) is 25.7 Å². The minimum atomic E-state index is 0.0213. The Morgan fingerprint density at radius 1 is 1.30 bits per heavy atom. The second-order valence-electron chi connectivity index (χ2n) is 6.61. The molecule has 1 amide bonds. The van der Waals surface area contributed by atoms with E-state index in [4.69, 9.17) is 15.2 Å². The minimum absolute atomic E-state index is 0.0213. The number of carbonyl (C=O) groups excluding carboxylic acids is 1. The molecule has 0 aliphatic heterocycles. The van der Waals surface area contributed by atoms with Crippen molar-refractivity contribution in [2.24, 2.45) is 23.5 Å². The normalized spacial score (nSPS) is 28.6. The summed E-state index contributed by atoms with van der Waals surface area (Å²) in [6.45, 7) is 1.19. The van der Waals surface area contributed by atoms with Crippen LogP contribution in [0.4, 0.5) is 0 Å². The van der Waals surface area contributed by atoms with Gasteiger partial charge in [0.2, 0.25) is 5.91 Å². The third-order valence-corrected chi connectivity index (χ3v) is 5.21. The van der Waals surface area contributed by atoms with Crippen LogP contribution in [0.5, 0.6) is 11.5 Å². The Hall–Kier alpha value is -1.75. The van der Waals surface area contributed by atoms with E-state index in [0.717, 1.165) is 30.8 Å². The Balaban J connectivity index is 1.36. The number of methoxy groups -OCH3 is 1. The average molecular weight is 318 g/mol. The van der Waals surface area contributed by atoms with Crippen LogP contribution in [-0.2, 0) is 4.79 Å². The number of hydrogen-bond donors (Lipinski definition) is 2. The Bertz CT molecular complexity index is 547. The Morgan fingerprint density at radius 2 is 2.09 bits per heavy atom. The fourth-order valence-corrected chi connectivity index (χ4v) is 4.01. The summed E-state index contributed by atoms with van der Waals surface area (Å²) >= 11 is 0. The highest BCUT2D eigenvalue weighted by molar-refractivity contribution is 5.80.